The van der Waals surface area contributed by atoms with Crippen molar-refractivity contribution in [2.24, 2.45) is 0 Å². The number of benzene rings is 1. The van der Waals surface area contributed by atoms with Crippen molar-refractivity contribution in [3.8, 4) is 0 Å². The van der Waals surface area contributed by atoms with Crippen LogP contribution in [0.15, 0.2) is 33.9 Å². The average Bonchev–Trinajstić information content (AvgIpc) is 2.83. The number of nitrogens with one attached hydrogen (secondary N) is 1. The van der Waals surface area contributed by atoms with Crippen molar-refractivity contribution < 1.29 is 17.9 Å². The van der Waals surface area contributed by atoms with E-state index in [0.717, 1.165) is 17.4 Å². The van der Waals surface area contributed by atoms with Crippen LogP contribution in [0.2, 0.25) is 0 Å². The molecule has 2 aromatic rings. The molecule has 102 valence electrons. The molecule has 0 fully saturated rings. The number of aryl methyl sites for hydroxylation is 1. The van der Waals surface area contributed by atoms with E-state index >= 15 is 0 Å². The van der Waals surface area contributed by atoms with E-state index in [4.69, 9.17) is 5.11 Å². The van der Waals surface area contributed by atoms with Crippen molar-refractivity contribution >= 4 is 27.0 Å². The first-order chi connectivity index (χ1) is 8.92. The Bertz CT molecular complexity index is 695. The fraction of sp³-hybridized carbons (Fsp3) is 0.167. The van der Waals surface area contributed by atoms with Gasteiger partial charge in [0.25, 0.3) is 10.0 Å². The largest absolute Gasteiger partial charge is 0.392 e. The molecule has 7 heteroatoms. The molecule has 1 aromatic heterocycles. The molecule has 0 saturated carbocycles. The Kier molecular flexibility index (Phi) is 3.88. The maximum absolute atomic E-state index is 13.1. The Morgan fingerprint density at radius 1 is 1.37 bits per heavy atom. The normalized spacial score (nSPS) is 11.5. The summed E-state index contributed by atoms with van der Waals surface area (Å²) in [5.41, 5.74) is 1.37. The molecule has 0 aliphatic rings. The van der Waals surface area contributed by atoms with Gasteiger partial charge >= 0.3 is 0 Å². The van der Waals surface area contributed by atoms with Crippen LogP contribution < -0.4 is 4.72 Å². The second-order valence-electron chi connectivity index (χ2n) is 4.00. The fourth-order valence-electron chi connectivity index (χ4n) is 1.48. The number of rotatable bonds is 4. The number of hydrogen-bond acceptors (Lipinski definition) is 4. The molecule has 0 spiro atoms. The molecule has 19 heavy (non-hydrogen) atoms. The molecule has 2 N–H and O–H groups in total. The highest BCUT2D eigenvalue weighted by Crippen LogP contribution is 2.25. The van der Waals surface area contributed by atoms with Crippen molar-refractivity contribution in [1.29, 1.82) is 0 Å². The number of aliphatic hydroxyl groups excluding tert-OH is 1. The third kappa shape index (κ3) is 3.12. The summed E-state index contributed by atoms with van der Waals surface area (Å²) in [5, 5.41) is 10.5. The molecular formula is C12H12FNO3S2. The van der Waals surface area contributed by atoms with Gasteiger partial charge < -0.3 is 5.11 Å². The smallest absolute Gasteiger partial charge is 0.271 e. The molecule has 0 aliphatic carbocycles. The van der Waals surface area contributed by atoms with E-state index in [1.165, 1.54) is 18.2 Å². The first kappa shape index (κ1) is 14.0. The zero-order valence-electron chi connectivity index (χ0n) is 10.1. The second-order valence-corrected chi connectivity index (χ2v) is 6.82. The van der Waals surface area contributed by atoms with Crippen molar-refractivity contribution in [1.82, 2.24) is 0 Å². The van der Waals surface area contributed by atoms with E-state index in [2.05, 4.69) is 4.72 Å². The highest BCUT2D eigenvalue weighted by Gasteiger charge is 2.18. The summed E-state index contributed by atoms with van der Waals surface area (Å²) >= 11 is 1.01. The zero-order valence-corrected chi connectivity index (χ0v) is 11.7. The van der Waals surface area contributed by atoms with Gasteiger partial charge in [0.15, 0.2) is 0 Å². The van der Waals surface area contributed by atoms with Gasteiger partial charge in [-0.15, -0.1) is 11.3 Å². The van der Waals surface area contributed by atoms with Gasteiger partial charge in [0.1, 0.15) is 10.0 Å². The lowest BCUT2D eigenvalue weighted by molar-refractivity contribution is 0.282. The molecule has 0 bridgehead atoms. The van der Waals surface area contributed by atoms with Gasteiger partial charge in [-0.3, -0.25) is 4.72 Å². The summed E-state index contributed by atoms with van der Waals surface area (Å²) < 4.78 is 39.7. The van der Waals surface area contributed by atoms with Gasteiger partial charge in [-0.25, -0.2) is 12.8 Å². The van der Waals surface area contributed by atoms with Crippen LogP contribution in [0, 0.1) is 12.7 Å². The van der Waals surface area contributed by atoms with Gasteiger partial charge in [0.05, 0.1) is 12.3 Å². The lowest BCUT2D eigenvalue weighted by Gasteiger charge is -2.09. The third-order valence-corrected chi connectivity index (χ3v) is 5.37. The highest BCUT2D eigenvalue weighted by atomic mass is 32.2. The molecule has 0 amide bonds. The number of hydrogen-bond donors (Lipinski definition) is 2. The Morgan fingerprint density at radius 2 is 2.11 bits per heavy atom. The van der Waals surface area contributed by atoms with Crippen LogP contribution in [0.5, 0.6) is 0 Å². The summed E-state index contributed by atoms with van der Waals surface area (Å²) in [6.45, 7) is 1.47. The minimum atomic E-state index is -3.75. The van der Waals surface area contributed by atoms with E-state index < -0.39 is 15.8 Å². The number of sulfonamides is 1. The molecule has 0 aliphatic heterocycles. The van der Waals surface area contributed by atoms with E-state index in [0.29, 0.717) is 11.1 Å². The van der Waals surface area contributed by atoms with Crippen molar-refractivity contribution in [3.05, 3.63) is 46.6 Å². The Labute approximate surface area is 114 Å². The lowest BCUT2D eigenvalue weighted by Crippen LogP contribution is -2.12. The molecular weight excluding hydrogens is 289 g/mol. The van der Waals surface area contributed by atoms with Crippen LogP contribution in [-0.4, -0.2) is 13.5 Å². The highest BCUT2D eigenvalue weighted by molar-refractivity contribution is 7.94. The standard InChI is InChI=1S/C12H12FNO3S2/c1-8-2-3-10(13)5-11(8)14-19(16,17)12-4-9(6-15)7-18-12/h2-5,7,14-15H,6H2,1H3. The summed E-state index contributed by atoms with van der Waals surface area (Å²) in [6, 6.07) is 5.29. The Hall–Kier alpha value is -1.44. The van der Waals surface area contributed by atoms with E-state index in [1.807, 2.05) is 0 Å². The van der Waals surface area contributed by atoms with Crippen LogP contribution in [0.1, 0.15) is 11.1 Å². The minimum Gasteiger partial charge on any atom is -0.392 e. The quantitative estimate of drug-likeness (QED) is 0.912. The van der Waals surface area contributed by atoms with Crippen molar-refractivity contribution in [2.75, 3.05) is 4.72 Å². The molecule has 2 rings (SSSR count). The maximum atomic E-state index is 13.1. The number of anilines is 1. The lowest BCUT2D eigenvalue weighted by atomic mass is 10.2. The van der Waals surface area contributed by atoms with Crippen LogP contribution in [0.4, 0.5) is 10.1 Å². The topological polar surface area (TPSA) is 66.4 Å². The molecule has 0 saturated heterocycles. The number of halogens is 1. The molecule has 4 nitrogen and oxygen atoms in total. The predicted molar refractivity (Wildman–Crippen MR) is 72.2 cm³/mol. The van der Waals surface area contributed by atoms with Gasteiger partial charge in [-0.1, -0.05) is 6.07 Å². The summed E-state index contributed by atoms with van der Waals surface area (Å²) in [6.07, 6.45) is 0. The minimum absolute atomic E-state index is 0.0835. The van der Waals surface area contributed by atoms with Gasteiger partial charge in [-0.05, 0) is 41.6 Å². The van der Waals surface area contributed by atoms with E-state index in [9.17, 15) is 12.8 Å². The Balaban J connectivity index is 2.33. The maximum Gasteiger partial charge on any atom is 0.271 e. The SMILES string of the molecule is Cc1ccc(F)cc1NS(=O)(=O)c1cc(CO)cs1. The Morgan fingerprint density at radius 3 is 2.74 bits per heavy atom. The third-order valence-electron chi connectivity index (χ3n) is 2.52. The van der Waals surface area contributed by atoms with Gasteiger partial charge in [-0.2, -0.15) is 0 Å². The summed E-state index contributed by atoms with van der Waals surface area (Å²) in [5.74, 6) is -0.509. The van der Waals surface area contributed by atoms with Crippen molar-refractivity contribution in [2.45, 2.75) is 17.7 Å². The van der Waals surface area contributed by atoms with Gasteiger partial charge in [0.2, 0.25) is 0 Å². The van der Waals surface area contributed by atoms with Gasteiger partial charge in [0, 0.05) is 0 Å². The molecule has 0 atom stereocenters. The molecule has 1 heterocycles. The monoisotopic (exact) mass is 301 g/mol. The van der Waals surface area contributed by atoms with Crippen LogP contribution in [-0.2, 0) is 16.6 Å². The number of aliphatic hydroxyl groups is 1. The predicted octanol–water partition coefficient (Wildman–Crippen LogP) is 2.49. The second kappa shape index (κ2) is 5.28. The van der Waals surface area contributed by atoms with Crippen LogP contribution in [0.25, 0.3) is 0 Å². The summed E-state index contributed by atoms with van der Waals surface area (Å²) in [4.78, 5) is 0. The average molecular weight is 301 g/mol. The molecule has 0 radical (unpaired) electrons. The fourth-order valence-corrected chi connectivity index (χ4v) is 3.80. The van der Waals surface area contributed by atoms with Crippen LogP contribution >= 0.6 is 11.3 Å². The van der Waals surface area contributed by atoms with Crippen molar-refractivity contribution in [3.63, 3.8) is 0 Å². The summed E-state index contributed by atoms with van der Waals surface area (Å²) in [7, 11) is -3.75. The zero-order chi connectivity index (χ0) is 14.0. The van der Waals surface area contributed by atoms with Crippen LogP contribution in [0.3, 0.4) is 0 Å². The molecule has 1 aromatic carbocycles. The van der Waals surface area contributed by atoms with E-state index in [-0.39, 0.29) is 16.5 Å². The van der Waals surface area contributed by atoms with E-state index in [1.54, 1.807) is 12.3 Å². The number of thiophene rings is 1. The first-order valence-electron chi connectivity index (χ1n) is 5.39. The first-order valence-corrected chi connectivity index (χ1v) is 7.76. The molecule has 0 unspecified atom stereocenters.